The van der Waals surface area contributed by atoms with Gasteiger partial charge in [0.25, 0.3) is 11.5 Å². The fourth-order valence-electron chi connectivity index (χ4n) is 2.83. The van der Waals surface area contributed by atoms with E-state index in [1.165, 1.54) is 35.9 Å². The number of amides is 2. The molecule has 0 unspecified atom stereocenters. The van der Waals surface area contributed by atoms with Crippen LogP contribution in [0.25, 0.3) is 10.8 Å². The molecule has 3 N–H and O–H groups in total. The predicted molar refractivity (Wildman–Crippen MR) is 110 cm³/mol. The maximum Gasteiger partial charge on any atom is 0.360 e. The number of hydrogen-bond donors (Lipinski definition) is 2. The van der Waals surface area contributed by atoms with Crippen LogP contribution in [0.4, 0.5) is 5.69 Å². The van der Waals surface area contributed by atoms with E-state index in [4.69, 9.17) is 10.5 Å². The van der Waals surface area contributed by atoms with Crippen molar-refractivity contribution in [3.63, 3.8) is 0 Å². The van der Waals surface area contributed by atoms with Crippen molar-refractivity contribution in [1.82, 2.24) is 9.78 Å². The van der Waals surface area contributed by atoms with Gasteiger partial charge in [0.15, 0.2) is 11.8 Å². The standard InChI is InChI=1S/C21H20N4O5/c1-3-25-20(28)16-7-5-4-6-15(16)17(24-25)21(29)30-12(2)19(27)23-14-10-8-13(9-11-14)18(22)26/h4-12H,3H2,1-2H3,(H2,22,26)(H,23,27)/t12-/m1/s1. The Morgan fingerprint density at radius 1 is 1.10 bits per heavy atom. The molecule has 1 heterocycles. The number of anilines is 1. The number of aromatic nitrogens is 2. The van der Waals surface area contributed by atoms with Crippen molar-refractivity contribution in [2.45, 2.75) is 26.5 Å². The van der Waals surface area contributed by atoms with Gasteiger partial charge >= 0.3 is 5.97 Å². The van der Waals surface area contributed by atoms with Crippen molar-refractivity contribution in [3.05, 3.63) is 70.1 Å². The highest BCUT2D eigenvalue weighted by molar-refractivity contribution is 6.03. The van der Waals surface area contributed by atoms with Gasteiger partial charge in [-0.05, 0) is 44.2 Å². The molecule has 3 rings (SSSR count). The van der Waals surface area contributed by atoms with Gasteiger partial charge in [0, 0.05) is 23.2 Å². The average Bonchev–Trinajstić information content (AvgIpc) is 2.74. The molecule has 2 aromatic carbocycles. The fourth-order valence-corrected chi connectivity index (χ4v) is 2.83. The molecule has 9 heteroatoms. The van der Waals surface area contributed by atoms with Crippen LogP contribution in [0.15, 0.2) is 53.3 Å². The van der Waals surface area contributed by atoms with Crippen LogP contribution in [-0.2, 0) is 16.1 Å². The summed E-state index contributed by atoms with van der Waals surface area (Å²) in [5.41, 5.74) is 5.54. The van der Waals surface area contributed by atoms with Gasteiger partial charge in [-0.25, -0.2) is 9.48 Å². The maximum absolute atomic E-state index is 12.7. The number of rotatable bonds is 6. The Kier molecular flexibility index (Phi) is 5.91. The van der Waals surface area contributed by atoms with Gasteiger partial charge < -0.3 is 15.8 Å². The molecule has 1 atom stereocenters. The highest BCUT2D eigenvalue weighted by Gasteiger charge is 2.23. The van der Waals surface area contributed by atoms with Crippen LogP contribution in [0.5, 0.6) is 0 Å². The van der Waals surface area contributed by atoms with Gasteiger partial charge in [-0.15, -0.1) is 0 Å². The summed E-state index contributed by atoms with van der Waals surface area (Å²) < 4.78 is 6.45. The van der Waals surface area contributed by atoms with E-state index < -0.39 is 23.9 Å². The van der Waals surface area contributed by atoms with E-state index in [1.807, 2.05) is 0 Å². The molecule has 0 bridgehead atoms. The van der Waals surface area contributed by atoms with Crippen molar-refractivity contribution < 1.29 is 19.1 Å². The third kappa shape index (κ3) is 4.19. The molecule has 0 aliphatic rings. The van der Waals surface area contributed by atoms with Crippen LogP contribution >= 0.6 is 0 Å². The zero-order chi connectivity index (χ0) is 21.8. The predicted octanol–water partition coefficient (Wildman–Crippen LogP) is 1.70. The number of nitrogens with zero attached hydrogens (tertiary/aromatic N) is 2. The highest BCUT2D eigenvalue weighted by atomic mass is 16.5. The Hall–Kier alpha value is -4.01. The minimum Gasteiger partial charge on any atom is -0.448 e. The lowest BCUT2D eigenvalue weighted by Gasteiger charge is -2.15. The molecule has 1 aromatic heterocycles. The number of ether oxygens (including phenoxy) is 1. The highest BCUT2D eigenvalue weighted by Crippen LogP contribution is 2.16. The molecule has 2 amide bonds. The summed E-state index contributed by atoms with van der Waals surface area (Å²) in [6.45, 7) is 3.43. The summed E-state index contributed by atoms with van der Waals surface area (Å²) in [6.07, 6.45) is -1.13. The Morgan fingerprint density at radius 2 is 1.73 bits per heavy atom. The number of nitrogens with one attached hydrogen (secondary N) is 1. The second kappa shape index (κ2) is 8.56. The first-order valence-corrected chi connectivity index (χ1v) is 9.23. The molecule has 0 saturated carbocycles. The van der Waals surface area contributed by atoms with Gasteiger partial charge in [0.05, 0.1) is 5.39 Å². The Bertz CT molecular complexity index is 1180. The number of carbonyl (C=O) groups is 3. The third-order valence-corrected chi connectivity index (χ3v) is 4.45. The number of primary amides is 1. The van der Waals surface area contributed by atoms with Crippen molar-refractivity contribution in [1.29, 1.82) is 0 Å². The lowest BCUT2D eigenvalue weighted by molar-refractivity contribution is -0.123. The topological polar surface area (TPSA) is 133 Å². The van der Waals surface area contributed by atoms with Crippen LogP contribution in [0.2, 0.25) is 0 Å². The minimum atomic E-state index is -1.13. The second-order valence-electron chi connectivity index (χ2n) is 6.49. The van der Waals surface area contributed by atoms with Gasteiger partial charge in [-0.3, -0.25) is 14.4 Å². The Balaban J connectivity index is 1.78. The summed E-state index contributed by atoms with van der Waals surface area (Å²) in [5.74, 6) is -1.97. The molecule has 0 saturated heterocycles. The van der Waals surface area contributed by atoms with Crippen molar-refractivity contribution in [2.75, 3.05) is 5.32 Å². The van der Waals surface area contributed by atoms with Crippen LogP contribution in [-0.4, -0.2) is 33.7 Å². The van der Waals surface area contributed by atoms with E-state index in [-0.39, 0.29) is 17.8 Å². The molecule has 0 radical (unpaired) electrons. The van der Waals surface area contributed by atoms with Gasteiger partial charge in [-0.1, -0.05) is 18.2 Å². The van der Waals surface area contributed by atoms with E-state index in [2.05, 4.69) is 10.4 Å². The molecule has 30 heavy (non-hydrogen) atoms. The number of carbonyl (C=O) groups excluding carboxylic acids is 3. The summed E-state index contributed by atoms with van der Waals surface area (Å²) in [6, 6.07) is 12.6. The van der Waals surface area contributed by atoms with Gasteiger partial charge in [-0.2, -0.15) is 5.10 Å². The van der Waals surface area contributed by atoms with Crippen molar-refractivity contribution in [2.24, 2.45) is 5.73 Å². The first-order valence-electron chi connectivity index (χ1n) is 9.23. The third-order valence-electron chi connectivity index (χ3n) is 4.45. The number of fused-ring (bicyclic) bond motifs is 1. The zero-order valence-electron chi connectivity index (χ0n) is 16.4. The molecular formula is C21H20N4O5. The van der Waals surface area contributed by atoms with Gasteiger partial charge in [0.2, 0.25) is 5.91 Å². The maximum atomic E-state index is 12.7. The Labute approximate surface area is 171 Å². The number of benzene rings is 2. The summed E-state index contributed by atoms with van der Waals surface area (Å²) in [4.78, 5) is 48.6. The molecule has 0 spiro atoms. The van der Waals surface area contributed by atoms with E-state index in [1.54, 1.807) is 31.2 Å². The quantitative estimate of drug-likeness (QED) is 0.597. The Morgan fingerprint density at radius 3 is 2.33 bits per heavy atom. The van der Waals surface area contributed by atoms with Crippen LogP contribution in [0.3, 0.4) is 0 Å². The normalized spacial score (nSPS) is 11.7. The first kappa shape index (κ1) is 20.7. The van der Waals surface area contributed by atoms with Crippen molar-refractivity contribution in [3.8, 4) is 0 Å². The summed E-state index contributed by atoms with van der Waals surface area (Å²) in [5, 5.41) is 7.38. The smallest absolute Gasteiger partial charge is 0.360 e. The summed E-state index contributed by atoms with van der Waals surface area (Å²) in [7, 11) is 0. The monoisotopic (exact) mass is 408 g/mol. The number of esters is 1. The molecule has 0 fully saturated rings. The first-order chi connectivity index (χ1) is 14.3. The lowest BCUT2D eigenvalue weighted by Crippen LogP contribution is -2.32. The van der Waals surface area contributed by atoms with Crippen LogP contribution < -0.4 is 16.6 Å². The van der Waals surface area contributed by atoms with Gasteiger partial charge in [0.1, 0.15) is 0 Å². The van der Waals surface area contributed by atoms with E-state index in [0.717, 1.165) is 0 Å². The molecule has 3 aromatic rings. The average molecular weight is 408 g/mol. The van der Waals surface area contributed by atoms with E-state index >= 15 is 0 Å². The number of aryl methyl sites for hydroxylation is 1. The van der Waals surface area contributed by atoms with Crippen LogP contribution in [0.1, 0.15) is 34.7 Å². The fraction of sp³-hybridized carbons (Fsp3) is 0.190. The summed E-state index contributed by atoms with van der Waals surface area (Å²) >= 11 is 0. The van der Waals surface area contributed by atoms with Crippen molar-refractivity contribution >= 4 is 34.2 Å². The molecule has 154 valence electrons. The van der Waals surface area contributed by atoms with E-state index in [0.29, 0.717) is 22.0 Å². The van der Waals surface area contributed by atoms with Crippen LogP contribution in [0, 0.1) is 0 Å². The number of hydrogen-bond acceptors (Lipinski definition) is 6. The minimum absolute atomic E-state index is 0.0440. The molecular weight excluding hydrogens is 388 g/mol. The second-order valence-corrected chi connectivity index (χ2v) is 6.49. The zero-order valence-corrected chi connectivity index (χ0v) is 16.4. The number of nitrogens with two attached hydrogens (primary N) is 1. The van der Waals surface area contributed by atoms with E-state index in [9.17, 15) is 19.2 Å². The molecule has 0 aliphatic heterocycles. The molecule has 9 nitrogen and oxygen atoms in total. The SMILES string of the molecule is CCn1nc(C(=O)O[C@H](C)C(=O)Nc2ccc(C(N)=O)cc2)c2ccccc2c1=O. The lowest BCUT2D eigenvalue weighted by atomic mass is 10.1. The largest absolute Gasteiger partial charge is 0.448 e. The molecule has 0 aliphatic carbocycles.